The van der Waals surface area contributed by atoms with Crippen LogP contribution in [0.1, 0.15) is 42.1 Å². The second-order valence-corrected chi connectivity index (χ2v) is 6.82. The summed E-state index contributed by atoms with van der Waals surface area (Å²) in [5, 5.41) is 0.728. The van der Waals surface area contributed by atoms with E-state index in [0.29, 0.717) is 18.8 Å². The highest BCUT2D eigenvalue weighted by Gasteiger charge is 2.29. The molecular weight excluding hydrogens is 338 g/mol. The first-order valence-electron chi connectivity index (χ1n) is 8.45. The molecule has 132 valence electrons. The number of fused-ring (bicyclic) bond motifs is 1. The van der Waals surface area contributed by atoms with Gasteiger partial charge >= 0.3 is 0 Å². The standard InChI is InChI=1S/C19H22ClN3O2/c1-5-17-21-8-14-9-23(10-16(14)22-17)19(24)13(4)25-15-6-11(2)18(20)12(3)7-15/h6-8,13H,5,9-10H2,1-4H3. The molecule has 6 heteroatoms. The fraction of sp³-hybridized carbons (Fsp3) is 0.421. The highest BCUT2D eigenvalue weighted by Crippen LogP contribution is 2.27. The SMILES string of the molecule is CCc1ncc2c(n1)CN(C(=O)C(C)Oc1cc(C)c(Cl)c(C)c1)C2. The van der Waals surface area contributed by atoms with Crippen molar-refractivity contribution in [3.8, 4) is 5.75 Å². The molecule has 1 aromatic carbocycles. The molecule has 0 saturated heterocycles. The molecule has 25 heavy (non-hydrogen) atoms. The molecule has 0 bridgehead atoms. The molecule has 1 aromatic heterocycles. The Balaban J connectivity index is 1.69. The Kier molecular flexibility index (Phi) is 4.95. The smallest absolute Gasteiger partial charge is 0.264 e. The van der Waals surface area contributed by atoms with E-state index >= 15 is 0 Å². The van der Waals surface area contributed by atoms with Crippen LogP contribution in [0.5, 0.6) is 5.75 Å². The maximum Gasteiger partial charge on any atom is 0.264 e. The first kappa shape index (κ1) is 17.7. The van der Waals surface area contributed by atoms with E-state index < -0.39 is 6.10 Å². The topological polar surface area (TPSA) is 55.3 Å². The lowest BCUT2D eigenvalue weighted by atomic mass is 10.1. The zero-order valence-corrected chi connectivity index (χ0v) is 15.7. The molecule has 1 aliphatic rings. The van der Waals surface area contributed by atoms with E-state index in [9.17, 15) is 4.79 Å². The number of rotatable bonds is 4. The van der Waals surface area contributed by atoms with E-state index in [-0.39, 0.29) is 5.91 Å². The second-order valence-electron chi connectivity index (χ2n) is 6.44. The van der Waals surface area contributed by atoms with Gasteiger partial charge in [-0.1, -0.05) is 18.5 Å². The average molecular weight is 360 g/mol. The Morgan fingerprint density at radius 2 is 2.00 bits per heavy atom. The van der Waals surface area contributed by atoms with Crippen LogP contribution in [-0.4, -0.2) is 26.9 Å². The summed E-state index contributed by atoms with van der Waals surface area (Å²) in [5.74, 6) is 1.41. The van der Waals surface area contributed by atoms with E-state index in [2.05, 4.69) is 9.97 Å². The molecule has 5 nitrogen and oxygen atoms in total. The van der Waals surface area contributed by atoms with Gasteiger partial charge in [0.15, 0.2) is 6.10 Å². The van der Waals surface area contributed by atoms with Crippen LogP contribution in [-0.2, 0) is 24.3 Å². The molecule has 0 N–H and O–H groups in total. The lowest BCUT2D eigenvalue weighted by Gasteiger charge is -2.21. The minimum absolute atomic E-state index is 0.0543. The molecule has 0 radical (unpaired) electrons. The summed E-state index contributed by atoms with van der Waals surface area (Å²) >= 11 is 6.18. The molecule has 1 amide bonds. The summed E-state index contributed by atoms with van der Waals surface area (Å²) in [7, 11) is 0. The third kappa shape index (κ3) is 3.61. The Morgan fingerprint density at radius 1 is 1.32 bits per heavy atom. The van der Waals surface area contributed by atoms with Gasteiger partial charge in [0, 0.05) is 29.7 Å². The quantitative estimate of drug-likeness (QED) is 0.836. The van der Waals surface area contributed by atoms with E-state index in [0.717, 1.165) is 39.7 Å². The van der Waals surface area contributed by atoms with Crippen molar-refractivity contribution in [3.05, 3.63) is 51.6 Å². The van der Waals surface area contributed by atoms with Crippen molar-refractivity contribution in [2.24, 2.45) is 0 Å². The molecule has 2 heterocycles. The maximum atomic E-state index is 12.7. The number of carbonyl (C=O) groups excluding carboxylic acids is 1. The normalized spacial score (nSPS) is 14.4. The zero-order valence-electron chi connectivity index (χ0n) is 15.0. The van der Waals surface area contributed by atoms with E-state index in [1.54, 1.807) is 11.8 Å². The molecule has 0 fully saturated rings. The molecule has 2 aromatic rings. The summed E-state index contributed by atoms with van der Waals surface area (Å²) in [6.07, 6.45) is 2.04. The third-order valence-corrected chi connectivity index (χ3v) is 5.00. The molecule has 1 atom stereocenters. The molecule has 0 spiro atoms. The lowest BCUT2D eigenvalue weighted by Crippen LogP contribution is -2.37. The van der Waals surface area contributed by atoms with Crippen molar-refractivity contribution >= 4 is 17.5 Å². The highest BCUT2D eigenvalue weighted by atomic mass is 35.5. The van der Waals surface area contributed by atoms with Crippen LogP contribution >= 0.6 is 11.6 Å². The minimum Gasteiger partial charge on any atom is -0.481 e. The number of aromatic nitrogens is 2. The summed E-state index contributed by atoms with van der Waals surface area (Å²) < 4.78 is 5.86. The van der Waals surface area contributed by atoms with Gasteiger partial charge in [-0.05, 0) is 44.0 Å². The monoisotopic (exact) mass is 359 g/mol. The Morgan fingerprint density at radius 3 is 2.64 bits per heavy atom. The van der Waals surface area contributed by atoms with Crippen molar-refractivity contribution in [3.63, 3.8) is 0 Å². The van der Waals surface area contributed by atoms with E-state index in [1.807, 2.05) is 39.1 Å². The number of amides is 1. The highest BCUT2D eigenvalue weighted by molar-refractivity contribution is 6.32. The maximum absolute atomic E-state index is 12.7. The zero-order chi connectivity index (χ0) is 18.1. The Bertz CT molecular complexity index is 799. The van der Waals surface area contributed by atoms with Crippen LogP contribution in [0.4, 0.5) is 0 Å². The molecule has 3 rings (SSSR count). The number of benzene rings is 1. The summed E-state index contributed by atoms with van der Waals surface area (Å²) in [4.78, 5) is 23.3. The average Bonchev–Trinajstić information content (AvgIpc) is 3.01. The van der Waals surface area contributed by atoms with Crippen molar-refractivity contribution in [2.45, 2.75) is 53.3 Å². The number of nitrogens with zero attached hydrogens (tertiary/aromatic N) is 3. The predicted molar refractivity (Wildman–Crippen MR) is 96.7 cm³/mol. The van der Waals surface area contributed by atoms with Crippen molar-refractivity contribution in [1.29, 1.82) is 0 Å². The van der Waals surface area contributed by atoms with Crippen molar-refractivity contribution in [2.75, 3.05) is 0 Å². The van der Waals surface area contributed by atoms with Crippen LogP contribution in [0.2, 0.25) is 5.02 Å². The molecule has 1 unspecified atom stereocenters. The van der Waals surface area contributed by atoms with Gasteiger partial charge in [-0.25, -0.2) is 9.97 Å². The Labute approximate surface area is 153 Å². The molecule has 1 aliphatic heterocycles. The van der Waals surface area contributed by atoms with Gasteiger partial charge in [0.2, 0.25) is 0 Å². The number of ether oxygens (including phenoxy) is 1. The number of carbonyl (C=O) groups is 1. The number of hydrogen-bond acceptors (Lipinski definition) is 4. The van der Waals surface area contributed by atoms with Gasteiger partial charge in [-0.15, -0.1) is 0 Å². The van der Waals surface area contributed by atoms with E-state index in [1.165, 1.54) is 0 Å². The van der Waals surface area contributed by atoms with Gasteiger partial charge in [0.25, 0.3) is 5.91 Å². The van der Waals surface area contributed by atoms with Crippen LogP contribution in [0.3, 0.4) is 0 Å². The van der Waals surface area contributed by atoms with Crippen LogP contribution < -0.4 is 4.74 Å². The van der Waals surface area contributed by atoms with Crippen LogP contribution in [0, 0.1) is 13.8 Å². The van der Waals surface area contributed by atoms with Crippen LogP contribution in [0.25, 0.3) is 0 Å². The van der Waals surface area contributed by atoms with Gasteiger partial charge in [0.05, 0.1) is 12.2 Å². The predicted octanol–water partition coefficient (Wildman–Crippen LogP) is 3.62. The summed E-state index contributed by atoms with van der Waals surface area (Å²) in [6, 6.07) is 3.72. The summed E-state index contributed by atoms with van der Waals surface area (Å²) in [6.45, 7) is 8.69. The van der Waals surface area contributed by atoms with Gasteiger partial charge in [-0.3, -0.25) is 4.79 Å². The second kappa shape index (κ2) is 7.00. The Hall–Kier alpha value is -2.14. The van der Waals surface area contributed by atoms with Gasteiger partial charge in [0.1, 0.15) is 11.6 Å². The number of halogens is 1. The third-order valence-electron chi connectivity index (χ3n) is 4.40. The number of hydrogen-bond donors (Lipinski definition) is 0. The van der Waals surface area contributed by atoms with Gasteiger partial charge < -0.3 is 9.64 Å². The molecule has 0 aliphatic carbocycles. The number of aryl methyl sites for hydroxylation is 3. The fourth-order valence-electron chi connectivity index (χ4n) is 3.01. The van der Waals surface area contributed by atoms with Crippen molar-refractivity contribution < 1.29 is 9.53 Å². The first-order valence-corrected chi connectivity index (χ1v) is 8.82. The minimum atomic E-state index is -0.576. The lowest BCUT2D eigenvalue weighted by molar-refractivity contribution is -0.138. The van der Waals surface area contributed by atoms with Gasteiger partial charge in [-0.2, -0.15) is 0 Å². The van der Waals surface area contributed by atoms with Crippen molar-refractivity contribution in [1.82, 2.24) is 14.9 Å². The van der Waals surface area contributed by atoms with E-state index in [4.69, 9.17) is 16.3 Å². The molecule has 0 saturated carbocycles. The largest absolute Gasteiger partial charge is 0.481 e. The molecular formula is C19H22ClN3O2. The summed E-state index contributed by atoms with van der Waals surface area (Å²) in [5.41, 5.74) is 3.82. The first-order chi connectivity index (χ1) is 11.9. The van der Waals surface area contributed by atoms with Crippen LogP contribution in [0.15, 0.2) is 18.3 Å². The fourth-order valence-corrected chi connectivity index (χ4v) is 3.12.